The van der Waals surface area contributed by atoms with Gasteiger partial charge in [-0.25, -0.2) is 4.98 Å². The van der Waals surface area contributed by atoms with E-state index in [0.717, 1.165) is 67.6 Å². The van der Waals surface area contributed by atoms with E-state index in [1.54, 1.807) is 32.5 Å². The van der Waals surface area contributed by atoms with Crippen molar-refractivity contribution >= 4 is 28.7 Å². The molecule has 1 atom stereocenters. The summed E-state index contributed by atoms with van der Waals surface area (Å²) < 4.78 is 29.7. The summed E-state index contributed by atoms with van der Waals surface area (Å²) in [7, 11) is 6.14. The first-order valence-electron chi connectivity index (χ1n) is 19.2. The normalized spacial score (nSPS) is 17.4. The van der Waals surface area contributed by atoms with E-state index in [2.05, 4.69) is 16.0 Å². The number of hydrogen-bond acceptors (Lipinski definition) is 11. The van der Waals surface area contributed by atoms with E-state index in [-0.39, 0.29) is 40.3 Å². The van der Waals surface area contributed by atoms with Crippen molar-refractivity contribution in [2.75, 3.05) is 61.2 Å². The van der Waals surface area contributed by atoms with E-state index in [9.17, 15) is 14.4 Å². The second kappa shape index (κ2) is 17.0. The lowest BCUT2D eigenvalue weighted by molar-refractivity contribution is -0.132. The third-order valence-electron chi connectivity index (χ3n) is 11.4. The van der Waals surface area contributed by atoms with E-state index in [4.69, 9.17) is 28.7 Å². The summed E-state index contributed by atoms with van der Waals surface area (Å²) in [4.78, 5) is 53.7. The molecule has 0 spiro atoms. The molecule has 5 aromatic rings. The monoisotopic (exact) mass is 775 g/mol. The minimum atomic E-state index is -0.529. The highest BCUT2D eigenvalue weighted by molar-refractivity contribution is 5.98. The topological polar surface area (TPSA) is 135 Å². The number of carbonyl (C=O) groups excluding carboxylic acids is 3. The maximum absolute atomic E-state index is 14.2. The second-order valence-corrected chi connectivity index (χ2v) is 14.7. The standard InChI is InChI=1S/C44H49N5O8/c1-29(50)57-41-38(55-4)24-31(25-39(41)56-5)43(52)48-23-18-44(28-48,32-13-14-36(53-2)37(26-32)54-3)17-22-47-20-15-30(16-21-47)40(51)42-46-34-11-6-7-12-35(34)49(42)27-33-10-8-9-19-45-33/h6-14,19,24-26,30H,15-18,20-23,27-28H2,1-5H3. The lowest BCUT2D eigenvalue weighted by Gasteiger charge is -2.36. The number of aromatic nitrogens is 3. The second-order valence-electron chi connectivity index (χ2n) is 14.7. The van der Waals surface area contributed by atoms with Crippen molar-refractivity contribution in [3.63, 3.8) is 0 Å². The van der Waals surface area contributed by atoms with E-state index >= 15 is 0 Å². The summed E-state index contributed by atoms with van der Waals surface area (Å²) in [6, 6.07) is 22.8. The van der Waals surface area contributed by atoms with Crippen molar-refractivity contribution in [3.8, 4) is 28.7 Å². The van der Waals surface area contributed by atoms with Gasteiger partial charge in [0, 0.05) is 43.1 Å². The van der Waals surface area contributed by atoms with Gasteiger partial charge in [0.15, 0.2) is 28.8 Å². The summed E-state index contributed by atoms with van der Waals surface area (Å²) in [6.07, 6.45) is 4.74. The van der Waals surface area contributed by atoms with Crippen LogP contribution in [0.2, 0.25) is 0 Å². The van der Waals surface area contributed by atoms with Crippen LogP contribution in [0.15, 0.2) is 79.0 Å². The van der Waals surface area contributed by atoms with Crippen molar-refractivity contribution in [2.24, 2.45) is 5.92 Å². The Labute approximate surface area is 332 Å². The highest BCUT2D eigenvalue weighted by atomic mass is 16.6. The van der Waals surface area contributed by atoms with Gasteiger partial charge in [-0.1, -0.05) is 24.3 Å². The number of pyridine rings is 1. The SMILES string of the molecule is COc1ccc(C2(CCN3CCC(C(=O)c4nc5ccccc5n4Cc4ccccn4)CC3)CCN(C(=O)c3cc(OC)c(OC(C)=O)c(OC)c3)C2)cc1OC. The maximum atomic E-state index is 14.2. The van der Waals surface area contributed by atoms with Gasteiger partial charge in [-0.3, -0.25) is 19.4 Å². The fourth-order valence-corrected chi connectivity index (χ4v) is 8.28. The molecule has 1 amide bonds. The lowest BCUT2D eigenvalue weighted by Crippen LogP contribution is -2.41. The fourth-order valence-electron chi connectivity index (χ4n) is 8.28. The number of amides is 1. The van der Waals surface area contributed by atoms with Crippen LogP contribution in [-0.4, -0.2) is 103 Å². The molecule has 3 aromatic carbocycles. The molecule has 13 nitrogen and oxygen atoms in total. The predicted octanol–water partition coefficient (Wildman–Crippen LogP) is 6.21. The molecule has 0 N–H and O–H groups in total. The molecule has 0 bridgehead atoms. The largest absolute Gasteiger partial charge is 0.493 e. The molecule has 4 heterocycles. The average Bonchev–Trinajstić information content (AvgIpc) is 3.85. The number of esters is 1. The minimum Gasteiger partial charge on any atom is -0.493 e. The van der Waals surface area contributed by atoms with Gasteiger partial charge < -0.3 is 38.1 Å². The number of imidazole rings is 1. The smallest absolute Gasteiger partial charge is 0.308 e. The number of piperidine rings is 1. The van der Waals surface area contributed by atoms with Crippen LogP contribution in [0.1, 0.15) is 64.8 Å². The zero-order valence-corrected chi connectivity index (χ0v) is 33.2. The van der Waals surface area contributed by atoms with Gasteiger partial charge in [-0.05, 0) is 99.4 Å². The molecule has 298 valence electrons. The van der Waals surface area contributed by atoms with Gasteiger partial charge in [0.25, 0.3) is 5.91 Å². The number of rotatable bonds is 14. The Kier molecular flexibility index (Phi) is 11.7. The zero-order chi connectivity index (χ0) is 40.1. The molecule has 2 fully saturated rings. The summed E-state index contributed by atoms with van der Waals surface area (Å²) >= 11 is 0. The number of fused-ring (bicyclic) bond motifs is 1. The van der Waals surface area contributed by atoms with Crippen molar-refractivity contribution in [2.45, 2.75) is 44.6 Å². The molecule has 0 saturated carbocycles. The maximum Gasteiger partial charge on any atom is 0.308 e. The van der Waals surface area contributed by atoms with Crippen LogP contribution in [0.5, 0.6) is 28.7 Å². The van der Waals surface area contributed by atoms with Crippen molar-refractivity contribution in [1.82, 2.24) is 24.3 Å². The molecule has 2 saturated heterocycles. The number of Topliss-reactive ketones (excluding diaryl/α,β-unsaturated/α-hetero) is 1. The Balaban J connectivity index is 1.08. The van der Waals surface area contributed by atoms with Crippen molar-refractivity contribution in [3.05, 3.63) is 102 Å². The van der Waals surface area contributed by atoms with Gasteiger partial charge in [0.05, 0.1) is 51.7 Å². The van der Waals surface area contributed by atoms with Gasteiger partial charge in [-0.15, -0.1) is 0 Å². The van der Waals surface area contributed by atoms with Crippen LogP contribution in [0.25, 0.3) is 11.0 Å². The number of hydrogen-bond donors (Lipinski definition) is 0. The molecular weight excluding hydrogens is 727 g/mol. The number of likely N-dealkylation sites (tertiary alicyclic amines) is 2. The molecule has 2 aromatic heterocycles. The Hall–Kier alpha value is -5.95. The highest BCUT2D eigenvalue weighted by Gasteiger charge is 2.43. The lowest BCUT2D eigenvalue weighted by atomic mass is 9.76. The number of benzene rings is 3. The van der Waals surface area contributed by atoms with Crippen LogP contribution in [-0.2, 0) is 16.8 Å². The van der Waals surface area contributed by atoms with E-state index in [1.807, 2.05) is 64.1 Å². The van der Waals surface area contributed by atoms with Gasteiger partial charge in [0.2, 0.25) is 11.5 Å². The Bertz CT molecular complexity index is 2230. The number of nitrogens with zero attached hydrogens (tertiary/aromatic N) is 5. The quantitative estimate of drug-likeness (QED) is 0.0725. The predicted molar refractivity (Wildman–Crippen MR) is 214 cm³/mol. The van der Waals surface area contributed by atoms with Gasteiger partial charge in [-0.2, -0.15) is 0 Å². The fraction of sp³-hybridized carbons (Fsp3) is 0.386. The minimum absolute atomic E-state index is 0.0719. The van der Waals surface area contributed by atoms with Gasteiger partial charge >= 0.3 is 5.97 Å². The van der Waals surface area contributed by atoms with E-state index in [0.29, 0.717) is 42.5 Å². The first-order valence-corrected chi connectivity index (χ1v) is 19.2. The van der Waals surface area contributed by atoms with Crippen LogP contribution >= 0.6 is 0 Å². The highest BCUT2D eigenvalue weighted by Crippen LogP contribution is 2.44. The molecular formula is C44H49N5O8. The molecule has 1 unspecified atom stereocenters. The number of carbonyl (C=O) groups is 3. The first kappa shape index (κ1) is 39.3. The summed E-state index contributed by atoms with van der Waals surface area (Å²) in [5.41, 5.74) is 3.64. The summed E-state index contributed by atoms with van der Waals surface area (Å²) in [6.45, 7) is 5.10. The molecule has 57 heavy (non-hydrogen) atoms. The van der Waals surface area contributed by atoms with Crippen LogP contribution in [0.4, 0.5) is 0 Å². The average molecular weight is 776 g/mol. The Morgan fingerprint density at radius 3 is 2.18 bits per heavy atom. The number of ether oxygens (including phenoxy) is 5. The molecule has 13 heteroatoms. The third-order valence-corrected chi connectivity index (χ3v) is 11.4. The van der Waals surface area contributed by atoms with Gasteiger partial charge in [0.1, 0.15) is 0 Å². The molecule has 2 aliphatic rings. The van der Waals surface area contributed by atoms with Crippen molar-refractivity contribution < 1.29 is 38.1 Å². The first-order chi connectivity index (χ1) is 27.7. The van der Waals surface area contributed by atoms with Crippen LogP contribution in [0, 0.1) is 5.92 Å². The number of methoxy groups -OCH3 is 4. The summed E-state index contributed by atoms with van der Waals surface area (Å²) in [5, 5.41) is 0. The summed E-state index contributed by atoms with van der Waals surface area (Å²) in [5.74, 6) is 1.55. The van der Waals surface area contributed by atoms with Crippen LogP contribution < -0.4 is 23.7 Å². The molecule has 2 aliphatic heterocycles. The Morgan fingerprint density at radius 2 is 1.51 bits per heavy atom. The number of para-hydroxylation sites is 2. The van der Waals surface area contributed by atoms with E-state index in [1.165, 1.54) is 21.1 Å². The Morgan fingerprint density at radius 1 is 0.807 bits per heavy atom. The number of ketones is 1. The molecule has 0 radical (unpaired) electrons. The third kappa shape index (κ3) is 8.15. The van der Waals surface area contributed by atoms with Crippen LogP contribution in [0.3, 0.4) is 0 Å². The zero-order valence-electron chi connectivity index (χ0n) is 33.2. The molecule has 7 rings (SSSR count). The van der Waals surface area contributed by atoms with Crippen molar-refractivity contribution in [1.29, 1.82) is 0 Å². The molecule has 0 aliphatic carbocycles. The van der Waals surface area contributed by atoms with E-state index < -0.39 is 5.97 Å².